The number of amides is 1. The molecule has 2 atom stereocenters. The van der Waals surface area contributed by atoms with Gasteiger partial charge in [-0.15, -0.1) is 6.42 Å². The van der Waals surface area contributed by atoms with Crippen molar-refractivity contribution in [2.75, 3.05) is 6.54 Å². The highest BCUT2D eigenvalue weighted by atomic mass is 16.2. The molecule has 3 N–H and O–H groups in total. The van der Waals surface area contributed by atoms with Gasteiger partial charge in [-0.1, -0.05) is 31.9 Å². The molecule has 0 fully saturated rings. The van der Waals surface area contributed by atoms with Crippen molar-refractivity contribution in [2.24, 2.45) is 5.92 Å². The molecule has 2 heterocycles. The third-order valence-corrected chi connectivity index (χ3v) is 4.41. The monoisotopic (exact) mass is 309 g/mol. The van der Waals surface area contributed by atoms with Crippen LogP contribution in [0.3, 0.4) is 0 Å². The van der Waals surface area contributed by atoms with Crippen LogP contribution in [0.5, 0.6) is 0 Å². The van der Waals surface area contributed by atoms with E-state index in [9.17, 15) is 4.79 Å². The van der Waals surface area contributed by atoms with Crippen LogP contribution < -0.4 is 10.6 Å². The number of benzene rings is 1. The number of carbonyl (C=O) groups is 1. The molecule has 1 aromatic carbocycles. The predicted molar refractivity (Wildman–Crippen MR) is 93.0 cm³/mol. The Morgan fingerprint density at radius 1 is 1.48 bits per heavy atom. The number of hydrogen-bond donors (Lipinski definition) is 3. The van der Waals surface area contributed by atoms with Crippen molar-refractivity contribution in [3.63, 3.8) is 0 Å². The molecule has 1 aromatic heterocycles. The van der Waals surface area contributed by atoms with Crippen LogP contribution in [0.15, 0.2) is 24.4 Å². The lowest BCUT2D eigenvalue weighted by Gasteiger charge is -2.24. The molecule has 0 saturated heterocycles. The fourth-order valence-corrected chi connectivity index (χ4v) is 3.44. The highest BCUT2D eigenvalue weighted by Crippen LogP contribution is 2.34. The molecule has 0 radical (unpaired) electrons. The molecule has 0 aliphatic carbocycles. The van der Waals surface area contributed by atoms with E-state index in [1.165, 1.54) is 16.5 Å². The van der Waals surface area contributed by atoms with Crippen LogP contribution in [0.4, 0.5) is 0 Å². The van der Waals surface area contributed by atoms with Gasteiger partial charge in [0.15, 0.2) is 0 Å². The first kappa shape index (κ1) is 15.6. The molecule has 23 heavy (non-hydrogen) atoms. The minimum Gasteiger partial charge on any atom is -0.361 e. The number of nitrogens with one attached hydrogen (secondary N) is 3. The number of rotatable bonds is 4. The maximum Gasteiger partial charge on any atom is 0.238 e. The van der Waals surface area contributed by atoms with E-state index in [0.717, 1.165) is 11.9 Å². The average Bonchev–Trinajstić information content (AvgIpc) is 2.86. The Hall–Kier alpha value is -2.25. The Balaban J connectivity index is 1.99. The Kier molecular flexibility index (Phi) is 4.40. The summed E-state index contributed by atoms with van der Waals surface area (Å²) in [5.41, 5.74) is 3.60. The molecule has 1 aliphatic heterocycles. The summed E-state index contributed by atoms with van der Waals surface area (Å²) in [5.74, 6) is 2.97. The van der Waals surface area contributed by atoms with Gasteiger partial charge >= 0.3 is 0 Å². The van der Waals surface area contributed by atoms with Gasteiger partial charge in [-0.05, 0) is 36.0 Å². The van der Waals surface area contributed by atoms with Crippen molar-refractivity contribution >= 4 is 16.8 Å². The molecular formula is C19H23N3O. The van der Waals surface area contributed by atoms with Gasteiger partial charge in [-0.25, -0.2) is 0 Å². The predicted octanol–water partition coefficient (Wildman–Crippen LogP) is 2.52. The molecule has 2 unspecified atom stereocenters. The molecule has 3 rings (SSSR count). The molecule has 4 nitrogen and oxygen atoms in total. The first-order valence-corrected chi connectivity index (χ1v) is 8.16. The lowest BCUT2D eigenvalue weighted by molar-refractivity contribution is -0.123. The lowest BCUT2D eigenvalue weighted by atomic mass is 9.94. The van der Waals surface area contributed by atoms with Crippen molar-refractivity contribution in [3.8, 4) is 12.3 Å². The van der Waals surface area contributed by atoms with Gasteiger partial charge in [-0.3, -0.25) is 10.1 Å². The highest BCUT2D eigenvalue weighted by molar-refractivity contribution is 5.90. The number of hydrogen-bond acceptors (Lipinski definition) is 2. The van der Waals surface area contributed by atoms with E-state index in [-0.39, 0.29) is 24.5 Å². The topological polar surface area (TPSA) is 56.9 Å². The fraction of sp³-hybridized carbons (Fsp3) is 0.421. The molecule has 2 aromatic rings. The molecule has 1 aliphatic rings. The van der Waals surface area contributed by atoms with Crippen molar-refractivity contribution < 1.29 is 4.79 Å². The van der Waals surface area contributed by atoms with Crippen LogP contribution in [-0.4, -0.2) is 23.5 Å². The molecule has 0 saturated carbocycles. The highest BCUT2D eigenvalue weighted by Gasteiger charge is 2.29. The summed E-state index contributed by atoms with van der Waals surface area (Å²) in [7, 11) is 0. The summed E-state index contributed by atoms with van der Waals surface area (Å²) >= 11 is 0. The van der Waals surface area contributed by atoms with Gasteiger partial charge in [0.25, 0.3) is 0 Å². The van der Waals surface area contributed by atoms with Crippen molar-refractivity contribution in [3.05, 3.63) is 35.5 Å². The maximum absolute atomic E-state index is 12.5. The molecule has 4 heteroatoms. The number of terminal acetylenes is 1. The molecule has 0 spiro atoms. The third kappa shape index (κ3) is 3.11. The summed E-state index contributed by atoms with van der Waals surface area (Å²) in [5, 5.41) is 7.62. The van der Waals surface area contributed by atoms with Crippen LogP contribution in [0, 0.1) is 18.3 Å². The van der Waals surface area contributed by atoms with Crippen LogP contribution in [-0.2, 0) is 11.2 Å². The first-order chi connectivity index (χ1) is 11.1. The summed E-state index contributed by atoms with van der Waals surface area (Å²) in [6, 6.07) is 6.23. The molecular weight excluding hydrogens is 286 g/mol. The zero-order chi connectivity index (χ0) is 16.4. The number of carbonyl (C=O) groups excluding carboxylic acids is 1. The van der Waals surface area contributed by atoms with E-state index in [1.807, 2.05) is 6.20 Å². The van der Waals surface area contributed by atoms with Crippen LogP contribution in [0.1, 0.15) is 37.4 Å². The van der Waals surface area contributed by atoms with E-state index < -0.39 is 0 Å². The van der Waals surface area contributed by atoms with E-state index in [2.05, 4.69) is 53.6 Å². The van der Waals surface area contributed by atoms with Crippen molar-refractivity contribution in [2.45, 2.75) is 38.8 Å². The summed E-state index contributed by atoms with van der Waals surface area (Å²) in [6.07, 6.45) is 8.93. The summed E-state index contributed by atoms with van der Waals surface area (Å²) in [6.45, 7) is 4.68. The Morgan fingerprint density at radius 2 is 2.30 bits per heavy atom. The lowest BCUT2D eigenvalue weighted by Crippen LogP contribution is -2.46. The number of H-pyrrole nitrogens is 1. The SMILES string of the molecule is C#CCNC(=O)C1Cc2c[nH]c3cccc(c23)C(CC(C)C)N1. The van der Waals surface area contributed by atoms with E-state index in [0.29, 0.717) is 12.3 Å². The Bertz CT molecular complexity index is 754. The van der Waals surface area contributed by atoms with Crippen molar-refractivity contribution in [1.82, 2.24) is 15.6 Å². The number of aromatic amines is 1. The van der Waals surface area contributed by atoms with Crippen molar-refractivity contribution in [1.29, 1.82) is 0 Å². The minimum atomic E-state index is -0.265. The van der Waals surface area contributed by atoms with E-state index >= 15 is 0 Å². The molecule has 1 amide bonds. The van der Waals surface area contributed by atoms with Gasteiger partial charge in [0.1, 0.15) is 0 Å². The fourth-order valence-electron chi connectivity index (χ4n) is 3.44. The second-order valence-electron chi connectivity index (χ2n) is 6.61. The Labute approximate surface area is 137 Å². The van der Waals surface area contributed by atoms with E-state index in [4.69, 9.17) is 6.42 Å². The number of aromatic nitrogens is 1. The molecule has 120 valence electrons. The van der Waals surface area contributed by atoms with Crippen LogP contribution in [0.2, 0.25) is 0 Å². The third-order valence-electron chi connectivity index (χ3n) is 4.41. The standard InChI is InChI=1S/C19H23N3O/c1-4-8-20-19(23)17-10-13-11-21-15-7-5-6-14(18(13)15)16(22-17)9-12(2)3/h1,5-7,11-12,16-17,21-22H,8-10H2,2-3H3,(H,20,23). The maximum atomic E-state index is 12.5. The second kappa shape index (κ2) is 6.47. The largest absolute Gasteiger partial charge is 0.361 e. The van der Waals surface area contributed by atoms with Gasteiger partial charge in [0.05, 0.1) is 12.6 Å². The van der Waals surface area contributed by atoms with Crippen LogP contribution >= 0.6 is 0 Å². The minimum absolute atomic E-state index is 0.0288. The van der Waals surface area contributed by atoms with Crippen LogP contribution in [0.25, 0.3) is 10.9 Å². The van der Waals surface area contributed by atoms with Gasteiger partial charge in [0.2, 0.25) is 5.91 Å². The Morgan fingerprint density at radius 3 is 3.04 bits per heavy atom. The summed E-state index contributed by atoms with van der Waals surface area (Å²) < 4.78 is 0. The first-order valence-electron chi connectivity index (χ1n) is 8.16. The molecule has 0 bridgehead atoms. The second-order valence-corrected chi connectivity index (χ2v) is 6.61. The average molecular weight is 309 g/mol. The van der Waals surface area contributed by atoms with E-state index in [1.54, 1.807) is 0 Å². The summed E-state index contributed by atoms with van der Waals surface area (Å²) in [4.78, 5) is 15.8. The zero-order valence-electron chi connectivity index (χ0n) is 13.6. The van der Waals surface area contributed by atoms with Gasteiger partial charge in [-0.2, -0.15) is 0 Å². The quantitative estimate of drug-likeness (QED) is 0.760. The normalized spacial score (nSPS) is 20.3. The smallest absolute Gasteiger partial charge is 0.238 e. The van der Waals surface area contributed by atoms with Gasteiger partial charge < -0.3 is 10.3 Å². The van der Waals surface area contributed by atoms with Gasteiger partial charge in [0, 0.05) is 23.1 Å². The zero-order valence-corrected chi connectivity index (χ0v) is 13.6.